The number of nitrogens with zero attached hydrogens (tertiary/aromatic N) is 2. The van der Waals surface area contributed by atoms with Gasteiger partial charge in [0.1, 0.15) is 6.10 Å². The van der Waals surface area contributed by atoms with E-state index in [9.17, 15) is 9.90 Å². The van der Waals surface area contributed by atoms with Gasteiger partial charge in [0.05, 0.1) is 16.3 Å². The van der Waals surface area contributed by atoms with E-state index in [-0.39, 0.29) is 23.3 Å². The number of halogens is 1. The standard InChI is InChI=1S/C20H27ClN2O3/c1-13-16(21)3-4-17(22-13)26-15-5-7-20(8-6-15)11-23(12-20)18(24)14-9-19(2,25)10-14/h3-4,14-15,25H,5-12H2,1-2H3. The molecule has 0 radical (unpaired) electrons. The number of aromatic nitrogens is 1. The van der Waals surface area contributed by atoms with Gasteiger partial charge in [-0.2, -0.15) is 0 Å². The number of aliphatic hydroxyl groups is 1. The third kappa shape index (κ3) is 3.44. The number of pyridine rings is 1. The molecule has 6 heteroatoms. The van der Waals surface area contributed by atoms with Crippen LogP contribution in [0.25, 0.3) is 0 Å². The van der Waals surface area contributed by atoms with Crippen molar-refractivity contribution in [1.29, 1.82) is 0 Å². The smallest absolute Gasteiger partial charge is 0.225 e. The Bertz CT molecular complexity index is 697. The molecule has 2 heterocycles. The zero-order chi connectivity index (χ0) is 18.5. The lowest BCUT2D eigenvalue weighted by atomic mass is 9.66. The Kier molecular flexibility index (Phi) is 4.43. The largest absolute Gasteiger partial charge is 0.474 e. The van der Waals surface area contributed by atoms with Crippen LogP contribution in [0, 0.1) is 18.3 Å². The van der Waals surface area contributed by atoms with Crippen LogP contribution in [0.2, 0.25) is 5.02 Å². The molecule has 5 nitrogen and oxygen atoms in total. The summed E-state index contributed by atoms with van der Waals surface area (Å²) < 4.78 is 6.04. The maximum Gasteiger partial charge on any atom is 0.225 e. The van der Waals surface area contributed by atoms with Gasteiger partial charge < -0.3 is 14.7 Å². The van der Waals surface area contributed by atoms with Gasteiger partial charge in [-0.15, -0.1) is 0 Å². The van der Waals surface area contributed by atoms with Gasteiger partial charge in [0.2, 0.25) is 11.8 Å². The first kappa shape index (κ1) is 18.1. The second kappa shape index (κ2) is 6.38. The van der Waals surface area contributed by atoms with E-state index in [1.165, 1.54) is 0 Å². The lowest BCUT2D eigenvalue weighted by Gasteiger charge is -2.55. The van der Waals surface area contributed by atoms with E-state index in [1.807, 2.05) is 30.9 Å². The molecular weight excluding hydrogens is 352 g/mol. The van der Waals surface area contributed by atoms with E-state index in [0.29, 0.717) is 23.7 Å². The van der Waals surface area contributed by atoms with Crippen LogP contribution < -0.4 is 4.74 Å². The zero-order valence-electron chi connectivity index (χ0n) is 15.5. The van der Waals surface area contributed by atoms with E-state index in [0.717, 1.165) is 44.5 Å². The molecule has 1 aromatic heterocycles. The fraction of sp³-hybridized carbons (Fsp3) is 0.700. The zero-order valence-corrected chi connectivity index (χ0v) is 16.3. The van der Waals surface area contributed by atoms with Crippen molar-refractivity contribution in [3.8, 4) is 5.88 Å². The van der Waals surface area contributed by atoms with Gasteiger partial charge in [-0.05, 0) is 58.4 Å². The first-order valence-corrected chi connectivity index (χ1v) is 9.94. The fourth-order valence-electron chi connectivity index (χ4n) is 4.75. The highest BCUT2D eigenvalue weighted by Crippen LogP contribution is 2.47. The topological polar surface area (TPSA) is 62.7 Å². The van der Waals surface area contributed by atoms with E-state index < -0.39 is 5.60 Å². The van der Waals surface area contributed by atoms with Gasteiger partial charge in [-0.3, -0.25) is 4.79 Å². The highest BCUT2D eigenvalue weighted by molar-refractivity contribution is 6.31. The Balaban J connectivity index is 1.24. The normalized spacial score (nSPS) is 30.6. The lowest BCUT2D eigenvalue weighted by Crippen LogP contribution is -2.63. The highest BCUT2D eigenvalue weighted by atomic mass is 35.5. The molecule has 0 aromatic carbocycles. The van der Waals surface area contributed by atoms with Crippen LogP contribution in [-0.2, 0) is 4.79 Å². The minimum atomic E-state index is -0.633. The van der Waals surface area contributed by atoms with Crippen LogP contribution in [0.3, 0.4) is 0 Å². The van der Waals surface area contributed by atoms with Gasteiger partial charge in [0.15, 0.2) is 0 Å². The number of rotatable bonds is 3. The monoisotopic (exact) mass is 378 g/mol. The molecule has 2 aliphatic carbocycles. The van der Waals surface area contributed by atoms with E-state index in [4.69, 9.17) is 16.3 Å². The summed E-state index contributed by atoms with van der Waals surface area (Å²) in [5, 5.41) is 10.5. The van der Waals surface area contributed by atoms with Crippen molar-refractivity contribution in [3.63, 3.8) is 0 Å². The molecule has 0 atom stereocenters. The molecule has 3 fully saturated rings. The molecule has 1 amide bonds. The van der Waals surface area contributed by atoms with Gasteiger partial charge in [-0.25, -0.2) is 4.98 Å². The molecule has 1 aromatic rings. The van der Waals surface area contributed by atoms with Crippen molar-refractivity contribution in [3.05, 3.63) is 22.8 Å². The molecule has 1 N–H and O–H groups in total. The van der Waals surface area contributed by atoms with E-state index >= 15 is 0 Å². The Hall–Kier alpha value is -1.33. The van der Waals surface area contributed by atoms with E-state index in [2.05, 4.69) is 4.98 Å². The van der Waals surface area contributed by atoms with Crippen molar-refractivity contribution in [2.75, 3.05) is 13.1 Å². The first-order valence-electron chi connectivity index (χ1n) is 9.56. The first-order chi connectivity index (χ1) is 12.3. The predicted octanol–water partition coefficient (Wildman–Crippen LogP) is 3.35. The summed E-state index contributed by atoms with van der Waals surface area (Å²) in [5.74, 6) is 0.915. The van der Waals surface area contributed by atoms with Crippen molar-refractivity contribution in [2.24, 2.45) is 11.3 Å². The summed E-state index contributed by atoms with van der Waals surface area (Å²) >= 11 is 6.01. The molecule has 1 saturated heterocycles. The van der Waals surface area contributed by atoms with Crippen molar-refractivity contribution >= 4 is 17.5 Å². The number of hydrogen-bond donors (Lipinski definition) is 1. The molecule has 4 rings (SSSR count). The Morgan fingerprint density at radius 3 is 2.54 bits per heavy atom. The van der Waals surface area contributed by atoms with Crippen LogP contribution in [0.4, 0.5) is 0 Å². The summed E-state index contributed by atoms with van der Waals surface area (Å²) in [6, 6.07) is 3.66. The van der Waals surface area contributed by atoms with Crippen LogP contribution in [0.15, 0.2) is 12.1 Å². The van der Waals surface area contributed by atoms with Crippen LogP contribution in [0.1, 0.15) is 51.1 Å². The predicted molar refractivity (Wildman–Crippen MR) is 99.2 cm³/mol. The maximum absolute atomic E-state index is 12.5. The summed E-state index contributed by atoms with van der Waals surface area (Å²) in [7, 11) is 0. The fourth-order valence-corrected chi connectivity index (χ4v) is 4.85. The Morgan fingerprint density at radius 2 is 1.96 bits per heavy atom. The number of likely N-dealkylation sites (tertiary alicyclic amines) is 1. The van der Waals surface area contributed by atoms with Gasteiger partial charge >= 0.3 is 0 Å². The lowest BCUT2D eigenvalue weighted by molar-refractivity contribution is -0.164. The molecule has 2 saturated carbocycles. The summed E-state index contributed by atoms with van der Waals surface area (Å²) in [6.07, 6.45) is 5.61. The number of hydrogen-bond acceptors (Lipinski definition) is 4. The number of aryl methyl sites for hydroxylation is 1. The van der Waals surface area contributed by atoms with Gasteiger partial charge in [-0.1, -0.05) is 11.6 Å². The summed E-state index contributed by atoms with van der Waals surface area (Å²) in [4.78, 5) is 18.8. The highest BCUT2D eigenvalue weighted by Gasteiger charge is 2.51. The van der Waals surface area contributed by atoms with Gasteiger partial charge in [0, 0.05) is 30.5 Å². The summed E-state index contributed by atoms with van der Waals surface area (Å²) in [5.41, 5.74) is 0.442. The molecule has 3 aliphatic rings. The third-order valence-electron chi connectivity index (χ3n) is 6.36. The molecule has 0 unspecified atom stereocenters. The minimum absolute atomic E-state index is 0.0289. The van der Waals surface area contributed by atoms with Crippen molar-refractivity contribution in [1.82, 2.24) is 9.88 Å². The van der Waals surface area contributed by atoms with Crippen LogP contribution in [-0.4, -0.2) is 45.7 Å². The average Bonchev–Trinajstić information content (AvgIpc) is 2.54. The number of carbonyl (C=O) groups excluding carboxylic acids is 1. The SMILES string of the molecule is Cc1nc(OC2CCC3(CC2)CN(C(=O)C2CC(C)(O)C2)C3)ccc1Cl. The summed E-state index contributed by atoms with van der Waals surface area (Å²) in [6.45, 7) is 5.43. The number of ether oxygens (including phenoxy) is 1. The van der Waals surface area contributed by atoms with Crippen LogP contribution in [0.5, 0.6) is 5.88 Å². The quantitative estimate of drug-likeness (QED) is 0.876. The average molecular weight is 379 g/mol. The minimum Gasteiger partial charge on any atom is -0.474 e. The van der Waals surface area contributed by atoms with Crippen molar-refractivity contribution < 1.29 is 14.6 Å². The number of carbonyl (C=O) groups is 1. The molecule has 0 bridgehead atoms. The molecule has 1 spiro atoms. The molecule has 1 aliphatic heterocycles. The second-order valence-corrected chi connectivity index (χ2v) is 9.24. The molecular formula is C20H27ClN2O3. The molecule has 26 heavy (non-hydrogen) atoms. The second-order valence-electron chi connectivity index (χ2n) is 8.83. The van der Waals surface area contributed by atoms with E-state index in [1.54, 1.807) is 0 Å². The molecule has 142 valence electrons. The Morgan fingerprint density at radius 1 is 1.31 bits per heavy atom. The van der Waals surface area contributed by atoms with Gasteiger partial charge in [0.25, 0.3) is 0 Å². The number of amides is 1. The third-order valence-corrected chi connectivity index (χ3v) is 6.76. The maximum atomic E-state index is 12.5. The van der Waals surface area contributed by atoms with Crippen LogP contribution >= 0.6 is 11.6 Å². The Labute approximate surface area is 159 Å². The van der Waals surface area contributed by atoms with Crippen molar-refractivity contribution in [2.45, 2.75) is 64.1 Å².